The molecule has 9 nitrogen and oxygen atoms in total. The van der Waals surface area contributed by atoms with Gasteiger partial charge in [0.25, 0.3) is 5.56 Å². The van der Waals surface area contributed by atoms with Gasteiger partial charge in [0.15, 0.2) is 0 Å². The van der Waals surface area contributed by atoms with Crippen LogP contribution < -0.4 is 15.6 Å². The fourth-order valence-electron chi connectivity index (χ4n) is 5.38. The Balaban J connectivity index is 1.69. The maximum absolute atomic E-state index is 13.8. The van der Waals surface area contributed by atoms with E-state index in [0.717, 1.165) is 25.7 Å². The van der Waals surface area contributed by atoms with Gasteiger partial charge < -0.3 is 19.5 Å². The Kier molecular flexibility index (Phi) is 10.4. The molecule has 3 aromatic rings. The summed E-state index contributed by atoms with van der Waals surface area (Å²) in [5.41, 5.74) is 1.65. The number of hydrogen-bond donors (Lipinski definition) is 1. The summed E-state index contributed by atoms with van der Waals surface area (Å²) in [6.45, 7) is 1.99. The van der Waals surface area contributed by atoms with Crippen molar-refractivity contribution in [3.05, 3.63) is 81.2 Å². The van der Waals surface area contributed by atoms with E-state index in [1.807, 2.05) is 0 Å². The number of nitrogens with one attached hydrogen (secondary N) is 1. The highest BCUT2D eigenvalue weighted by Gasteiger charge is 2.30. The number of carbonyl (C=O) groups is 2. The van der Waals surface area contributed by atoms with Crippen LogP contribution in [0.4, 0.5) is 5.69 Å². The number of hydrogen-bond acceptors (Lipinski definition) is 7. The van der Waals surface area contributed by atoms with Crippen LogP contribution in [0.2, 0.25) is 5.02 Å². The maximum atomic E-state index is 13.8. The Morgan fingerprint density at radius 2 is 1.79 bits per heavy atom. The summed E-state index contributed by atoms with van der Waals surface area (Å²) in [5.74, 6) is -0.287. The molecule has 1 atom stereocenters. The number of methoxy groups -OCH3 is 2. The van der Waals surface area contributed by atoms with E-state index in [-0.39, 0.29) is 24.5 Å². The van der Waals surface area contributed by atoms with Gasteiger partial charge in [0, 0.05) is 35.0 Å². The molecule has 2 aromatic carbocycles. The van der Waals surface area contributed by atoms with Crippen LogP contribution in [0.3, 0.4) is 0 Å². The average molecular weight is 592 g/mol. The third-order valence-corrected chi connectivity index (χ3v) is 7.88. The SMILES string of the molecule is CCOC(=O)c1ccc(NC(=O)C(C[C@H]2CC[C@@H](OC)CC2)n2cc(OC)c(-c3cc(Cl)ccc3C#N)cc2=O)cc1. The number of nitrogens with zero attached hydrogens (tertiary/aromatic N) is 2. The molecule has 1 aliphatic carbocycles. The van der Waals surface area contributed by atoms with Gasteiger partial charge in [0.05, 0.1) is 43.2 Å². The zero-order valence-corrected chi connectivity index (χ0v) is 24.6. The van der Waals surface area contributed by atoms with Crippen LogP contribution in [0.25, 0.3) is 11.1 Å². The molecule has 1 heterocycles. The van der Waals surface area contributed by atoms with Crippen molar-refractivity contribution in [2.24, 2.45) is 5.92 Å². The summed E-state index contributed by atoms with van der Waals surface area (Å²) >= 11 is 6.21. The first-order valence-corrected chi connectivity index (χ1v) is 14.3. The van der Waals surface area contributed by atoms with Gasteiger partial charge in [0.1, 0.15) is 11.8 Å². The molecule has 10 heteroatoms. The van der Waals surface area contributed by atoms with Crippen LogP contribution in [-0.4, -0.2) is 43.4 Å². The molecule has 1 fully saturated rings. The van der Waals surface area contributed by atoms with E-state index >= 15 is 0 Å². The van der Waals surface area contributed by atoms with Crippen molar-refractivity contribution in [1.82, 2.24) is 4.57 Å². The van der Waals surface area contributed by atoms with Crippen LogP contribution >= 0.6 is 11.6 Å². The molecule has 1 aliphatic rings. The van der Waals surface area contributed by atoms with Crippen molar-refractivity contribution >= 4 is 29.2 Å². The van der Waals surface area contributed by atoms with Crippen LogP contribution in [0.15, 0.2) is 59.5 Å². The largest absolute Gasteiger partial charge is 0.495 e. The number of halogens is 1. The first kappa shape index (κ1) is 30.8. The number of rotatable bonds is 10. The minimum Gasteiger partial charge on any atom is -0.495 e. The normalized spacial score (nSPS) is 17.1. The molecule has 1 unspecified atom stereocenters. The van der Waals surface area contributed by atoms with Crippen molar-refractivity contribution < 1.29 is 23.8 Å². The monoisotopic (exact) mass is 591 g/mol. The van der Waals surface area contributed by atoms with Crippen LogP contribution in [-0.2, 0) is 14.3 Å². The van der Waals surface area contributed by atoms with E-state index < -0.39 is 17.6 Å². The molecule has 1 amide bonds. The number of carbonyl (C=O) groups excluding carboxylic acids is 2. The zero-order valence-electron chi connectivity index (χ0n) is 23.9. The lowest BCUT2D eigenvalue weighted by Gasteiger charge is -2.30. The first-order valence-electron chi connectivity index (χ1n) is 13.9. The smallest absolute Gasteiger partial charge is 0.338 e. The van der Waals surface area contributed by atoms with Gasteiger partial charge in [-0.15, -0.1) is 0 Å². The summed E-state index contributed by atoms with van der Waals surface area (Å²) < 4.78 is 17.6. The molecule has 0 spiro atoms. The van der Waals surface area contributed by atoms with Gasteiger partial charge in [-0.25, -0.2) is 4.79 Å². The Morgan fingerprint density at radius 3 is 2.40 bits per heavy atom. The molecule has 4 rings (SSSR count). The quantitative estimate of drug-likeness (QED) is 0.287. The summed E-state index contributed by atoms with van der Waals surface area (Å²) in [5, 5.41) is 13.0. The molecular weight excluding hydrogens is 558 g/mol. The molecule has 1 saturated carbocycles. The highest BCUT2D eigenvalue weighted by Crippen LogP contribution is 2.36. The van der Waals surface area contributed by atoms with E-state index in [9.17, 15) is 19.6 Å². The number of ether oxygens (including phenoxy) is 3. The second-order valence-corrected chi connectivity index (χ2v) is 10.7. The number of amides is 1. The Labute approximate surface area is 250 Å². The molecule has 1 aromatic heterocycles. The van der Waals surface area contributed by atoms with E-state index in [1.54, 1.807) is 56.5 Å². The van der Waals surface area contributed by atoms with Crippen molar-refractivity contribution in [3.8, 4) is 22.9 Å². The van der Waals surface area contributed by atoms with E-state index in [4.69, 9.17) is 25.8 Å². The predicted octanol–water partition coefficient (Wildman–Crippen LogP) is 6.00. The lowest BCUT2D eigenvalue weighted by atomic mass is 9.83. The Morgan fingerprint density at radius 1 is 1.07 bits per heavy atom. The molecule has 0 bridgehead atoms. The van der Waals surface area contributed by atoms with Crippen molar-refractivity contribution in [2.75, 3.05) is 26.1 Å². The second kappa shape index (κ2) is 14.2. The fraction of sp³-hybridized carbons (Fsp3) is 0.375. The standard InChI is InChI=1S/C32H34ClN3O6/c1-4-42-32(39)21-8-11-24(12-9-21)35-31(38)28(15-20-5-13-25(40-2)14-6-20)36-19-29(41-3)27(17-30(36)37)26-16-23(33)10-7-22(26)18-34/h7-12,16-17,19-20,25,28H,4-6,13-15H2,1-3H3,(H,35,38)/t20-,25+,28?. The molecule has 1 N–H and O–H groups in total. The second-order valence-electron chi connectivity index (χ2n) is 10.2. The van der Waals surface area contributed by atoms with E-state index in [2.05, 4.69) is 11.4 Å². The maximum Gasteiger partial charge on any atom is 0.338 e. The summed E-state index contributed by atoms with van der Waals surface area (Å²) in [7, 11) is 3.18. The van der Waals surface area contributed by atoms with Gasteiger partial charge in [-0.05, 0) is 87.4 Å². The summed E-state index contributed by atoms with van der Waals surface area (Å²) in [6.07, 6.45) is 5.66. The fourth-order valence-corrected chi connectivity index (χ4v) is 5.55. The first-order chi connectivity index (χ1) is 20.3. The highest BCUT2D eigenvalue weighted by molar-refractivity contribution is 6.31. The van der Waals surface area contributed by atoms with E-state index in [1.165, 1.54) is 23.9 Å². The molecule has 0 saturated heterocycles. The zero-order chi connectivity index (χ0) is 30.2. The van der Waals surface area contributed by atoms with Crippen LogP contribution in [0.1, 0.15) is 61.0 Å². The number of esters is 1. The molecule has 0 radical (unpaired) electrons. The minimum atomic E-state index is -0.843. The third kappa shape index (κ3) is 7.19. The number of benzene rings is 2. The highest BCUT2D eigenvalue weighted by atomic mass is 35.5. The predicted molar refractivity (Wildman–Crippen MR) is 160 cm³/mol. The van der Waals surface area contributed by atoms with Crippen LogP contribution in [0, 0.1) is 17.2 Å². The Hall–Kier alpha value is -4.13. The summed E-state index contributed by atoms with van der Waals surface area (Å²) in [6, 6.07) is 13.9. The lowest BCUT2D eigenvalue weighted by Crippen LogP contribution is -2.35. The van der Waals surface area contributed by atoms with Gasteiger partial charge in [-0.2, -0.15) is 5.26 Å². The minimum absolute atomic E-state index is 0.195. The number of nitriles is 1. The van der Waals surface area contributed by atoms with Crippen molar-refractivity contribution in [3.63, 3.8) is 0 Å². The molecule has 0 aliphatic heterocycles. The van der Waals surface area contributed by atoms with Crippen molar-refractivity contribution in [2.45, 2.75) is 51.2 Å². The van der Waals surface area contributed by atoms with Gasteiger partial charge in [0.2, 0.25) is 5.91 Å². The topological polar surface area (TPSA) is 120 Å². The number of aromatic nitrogens is 1. The molecule has 220 valence electrons. The van der Waals surface area contributed by atoms with E-state index in [0.29, 0.717) is 45.1 Å². The third-order valence-electron chi connectivity index (χ3n) is 7.64. The van der Waals surface area contributed by atoms with Gasteiger partial charge >= 0.3 is 5.97 Å². The summed E-state index contributed by atoms with van der Waals surface area (Å²) in [4.78, 5) is 39.4. The lowest BCUT2D eigenvalue weighted by molar-refractivity contribution is -0.120. The number of anilines is 1. The molecule has 42 heavy (non-hydrogen) atoms. The van der Waals surface area contributed by atoms with Gasteiger partial charge in [-0.1, -0.05) is 11.6 Å². The molecular formula is C32H34ClN3O6. The van der Waals surface area contributed by atoms with Crippen molar-refractivity contribution in [1.29, 1.82) is 5.26 Å². The van der Waals surface area contributed by atoms with Crippen LogP contribution in [0.5, 0.6) is 5.75 Å². The van der Waals surface area contributed by atoms with Gasteiger partial charge in [-0.3, -0.25) is 14.2 Å². The number of pyridine rings is 1. The Bertz CT molecular complexity index is 1520. The average Bonchev–Trinajstić information content (AvgIpc) is 3.00.